The zero-order chi connectivity index (χ0) is 21.3. The van der Waals surface area contributed by atoms with Crippen molar-refractivity contribution in [3.8, 4) is 0 Å². The highest BCUT2D eigenvalue weighted by atomic mass is 32.2. The van der Waals surface area contributed by atoms with Gasteiger partial charge in [0.2, 0.25) is 5.91 Å². The Labute approximate surface area is 181 Å². The van der Waals surface area contributed by atoms with Crippen LogP contribution in [0.2, 0.25) is 0 Å². The van der Waals surface area contributed by atoms with Gasteiger partial charge in [0.1, 0.15) is 0 Å². The summed E-state index contributed by atoms with van der Waals surface area (Å²) in [6.07, 6.45) is 5.89. The standard InChI is InChI=1S/C24H29NO4S/c26-22(17-18-7-8-19-4-1-2-5-20(19)16-18)11-9-21-10-12-23(27)25(21)13-15-30-14-3-6-24(28)29/h1-2,4-5,7-9,11,16,21-22,26H,3,6,10,12-15,17H2,(H,28,29)/t21-,22+/m0/s1. The highest BCUT2D eigenvalue weighted by molar-refractivity contribution is 7.99. The molecule has 0 aliphatic carbocycles. The average molecular weight is 428 g/mol. The first kappa shape index (κ1) is 22.4. The first-order chi connectivity index (χ1) is 14.5. The number of hydrogen-bond donors (Lipinski definition) is 2. The number of hydrogen-bond acceptors (Lipinski definition) is 4. The lowest BCUT2D eigenvalue weighted by Gasteiger charge is -2.22. The Morgan fingerprint density at radius 2 is 2.00 bits per heavy atom. The van der Waals surface area contributed by atoms with Gasteiger partial charge in [-0.05, 0) is 34.9 Å². The summed E-state index contributed by atoms with van der Waals surface area (Å²) in [5, 5.41) is 21.5. The molecule has 3 rings (SSSR count). The summed E-state index contributed by atoms with van der Waals surface area (Å²) in [6, 6.07) is 14.4. The van der Waals surface area contributed by atoms with Crippen molar-refractivity contribution in [3.63, 3.8) is 0 Å². The predicted octanol–water partition coefficient (Wildman–Crippen LogP) is 3.89. The van der Waals surface area contributed by atoms with Crippen LogP contribution < -0.4 is 0 Å². The summed E-state index contributed by atoms with van der Waals surface area (Å²) in [7, 11) is 0. The van der Waals surface area contributed by atoms with E-state index < -0.39 is 12.1 Å². The van der Waals surface area contributed by atoms with E-state index in [-0.39, 0.29) is 18.4 Å². The minimum Gasteiger partial charge on any atom is -0.481 e. The molecular formula is C24H29NO4S. The molecule has 2 aromatic carbocycles. The number of carbonyl (C=O) groups excluding carboxylic acids is 1. The SMILES string of the molecule is O=C(O)CCCSCCN1C(=O)CC[C@@H]1C=C[C@@H](O)Cc1ccc2ccccc2c1. The molecule has 0 spiro atoms. The molecule has 0 radical (unpaired) electrons. The minimum absolute atomic E-state index is 0.0309. The second-order valence-corrected chi connectivity index (χ2v) is 8.87. The molecule has 1 saturated heterocycles. The molecule has 5 nitrogen and oxygen atoms in total. The van der Waals surface area contributed by atoms with E-state index in [0.717, 1.165) is 23.5 Å². The third kappa shape index (κ3) is 6.61. The smallest absolute Gasteiger partial charge is 0.303 e. The number of fused-ring (bicyclic) bond motifs is 1. The fraction of sp³-hybridized carbons (Fsp3) is 0.417. The Morgan fingerprint density at radius 3 is 2.80 bits per heavy atom. The molecule has 2 atom stereocenters. The third-order valence-electron chi connectivity index (χ3n) is 5.34. The Morgan fingerprint density at radius 1 is 1.20 bits per heavy atom. The number of aliphatic hydroxyl groups is 1. The van der Waals surface area contributed by atoms with E-state index in [2.05, 4.69) is 24.3 Å². The van der Waals surface area contributed by atoms with Crippen molar-refractivity contribution in [2.45, 2.75) is 44.2 Å². The maximum absolute atomic E-state index is 12.2. The summed E-state index contributed by atoms with van der Waals surface area (Å²) in [6.45, 7) is 0.659. The summed E-state index contributed by atoms with van der Waals surface area (Å²) in [5.41, 5.74) is 1.09. The normalized spacial score (nSPS) is 17.8. The van der Waals surface area contributed by atoms with Gasteiger partial charge in [0.25, 0.3) is 0 Å². The Balaban J connectivity index is 1.47. The second kappa shape index (κ2) is 11.2. The summed E-state index contributed by atoms with van der Waals surface area (Å²) in [5.74, 6) is 0.979. The zero-order valence-electron chi connectivity index (χ0n) is 17.1. The van der Waals surface area contributed by atoms with Gasteiger partial charge >= 0.3 is 5.97 Å². The van der Waals surface area contributed by atoms with Gasteiger partial charge in [0.05, 0.1) is 12.1 Å². The number of aliphatic hydroxyl groups excluding tert-OH is 1. The first-order valence-corrected chi connectivity index (χ1v) is 11.6. The van der Waals surface area contributed by atoms with Gasteiger partial charge in [-0.25, -0.2) is 0 Å². The predicted molar refractivity (Wildman–Crippen MR) is 122 cm³/mol. The van der Waals surface area contributed by atoms with Gasteiger partial charge in [-0.3, -0.25) is 9.59 Å². The van der Waals surface area contributed by atoms with E-state index in [1.54, 1.807) is 11.8 Å². The van der Waals surface area contributed by atoms with Crippen LogP contribution in [0.1, 0.15) is 31.2 Å². The fourth-order valence-corrected chi connectivity index (χ4v) is 4.65. The van der Waals surface area contributed by atoms with E-state index in [1.165, 1.54) is 10.8 Å². The molecule has 0 aromatic heterocycles. The number of benzene rings is 2. The lowest BCUT2D eigenvalue weighted by molar-refractivity contribution is -0.137. The molecule has 1 aliphatic rings. The Bertz CT molecular complexity index is 898. The van der Waals surface area contributed by atoms with E-state index in [1.807, 2.05) is 35.3 Å². The Hall–Kier alpha value is -2.31. The van der Waals surface area contributed by atoms with E-state index in [0.29, 0.717) is 25.8 Å². The van der Waals surface area contributed by atoms with Gasteiger partial charge in [0, 0.05) is 31.6 Å². The van der Waals surface area contributed by atoms with Crippen molar-refractivity contribution in [2.75, 3.05) is 18.1 Å². The number of likely N-dealkylation sites (tertiary alicyclic amines) is 1. The fourth-order valence-electron chi connectivity index (χ4n) is 3.77. The van der Waals surface area contributed by atoms with Crippen molar-refractivity contribution in [2.24, 2.45) is 0 Å². The molecular weight excluding hydrogens is 398 g/mol. The maximum Gasteiger partial charge on any atom is 0.303 e. The quantitative estimate of drug-likeness (QED) is 0.420. The van der Waals surface area contributed by atoms with Crippen LogP contribution in [-0.4, -0.2) is 57.2 Å². The lowest BCUT2D eigenvalue weighted by Crippen LogP contribution is -2.34. The largest absolute Gasteiger partial charge is 0.481 e. The molecule has 6 heteroatoms. The van der Waals surface area contributed by atoms with Crippen LogP contribution >= 0.6 is 11.8 Å². The number of rotatable bonds is 11. The van der Waals surface area contributed by atoms with Crippen molar-refractivity contribution in [1.29, 1.82) is 0 Å². The van der Waals surface area contributed by atoms with Crippen LogP contribution in [0.15, 0.2) is 54.6 Å². The van der Waals surface area contributed by atoms with Crippen molar-refractivity contribution in [1.82, 2.24) is 4.90 Å². The van der Waals surface area contributed by atoms with E-state index in [4.69, 9.17) is 5.11 Å². The monoisotopic (exact) mass is 427 g/mol. The van der Waals surface area contributed by atoms with Gasteiger partial charge in [0.15, 0.2) is 0 Å². The van der Waals surface area contributed by atoms with Gasteiger partial charge in [-0.15, -0.1) is 0 Å². The van der Waals surface area contributed by atoms with Gasteiger partial charge in [-0.2, -0.15) is 11.8 Å². The molecule has 30 heavy (non-hydrogen) atoms. The molecule has 160 valence electrons. The average Bonchev–Trinajstić information content (AvgIpc) is 3.08. The number of carbonyl (C=O) groups is 2. The molecule has 1 aliphatic heterocycles. The number of carboxylic acid groups (broad SMARTS) is 1. The first-order valence-electron chi connectivity index (χ1n) is 10.5. The third-order valence-corrected chi connectivity index (χ3v) is 6.39. The zero-order valence-corrected chi connectivity index (χ0v) is 17.9. The van der Waals surface area contributed by atoms with Crippen LogP contribution in [0, 0.1) is 0 Å². The summed E-state index contributed by atoms with van der Waals surface area (Å²) in [4.78, 5) is 24.6. The molecule has 2 aromatic rings. The van der Waals surface area contributed by atoms with Crippen LogP contribution in [0.25, 0.3) is 10.8 Å². The van der Waals surface area contributed by atoms with E-state index >= 15 is 0 Å². The van der Waals surface area contributed by atoms with E-state index in [9.17, 15) is 14.7 Å². The number of thioether (sulfide) groups is 1. The molecule has 1 fully saturated rings. The lowest BCUT2D eigenvalue weighted by atomic mass is 10.0. The maximum atomic E-state index is 12.2. The number of aliphatic carboxylic acids is 1. The summed E-state index contributed by atoms with van der Waals surface area (Å²) < 4.78 is 0. The molecule has 2 N–H and O–H groups in total. The van der Waals surface area contributed by atoms with Crippen molar-refractivity contribution < 1.29 is 19.8 Å². The van der Waals surface area contributed by atoms with Crippen molar-refractivity contribution in [3.05, 3.63) is 60.2 Å². The number of amides is 1. The van der Waals surface area contributed by atoms with Crippen LogP contribution in [0.5, 0.6) is 0 Å². The van der Waals surface area contributed by atoms with Gasteiger partial charge in [-0.1, -0.05) is 54.6 Å². The van der Waals surface area contributed by atoms with Crippen LogP contribution in [0.3, 0.4) is 0 Å². The minimum atomic E-state index is -0.766. The molecule has 0 saturated carbocycles. The topological polar surface area (TPSA) is 77.8 Å². The number of carboxylic acids is 1. The van der Waals surface area contributed by atoms with Crippen LogP contribution in [0.4, 0.5) is 0 Å². The molecule has 1 amide bonds. The molecule has 1 heterocycles. The van der Waals surface area contributed by atoms with Crippen molar-refractivity contribution >= 4 is 34.4 Å². The highest BCUT2D eigenvalue weighted by Gasteiger charge is 2.28. The van der Waals surface area contributed by atoms with Crippen LogP contribution in [-0.2, 0) is 16.0 Å². The summed E-state index contributed by atoms with van der Waals surface area (Å²) >= 11 is 1.68. The second-order valence-electron chi connectivity index (χ2n) is 7.64. The Kier molecular flexibility index (Phi) is 8.34. The van der Waals surface area contributed by atoms with Gasteiger partial charge < -0.3 is 15.1 Å². The molecule has 0 unspecified atom stereocenters. The molecule has 0 bridgehead atoms. The highest BCUT2D eigenvalue weighted by Crippen LogP contribution is 2.22. The number of nitrogens with zero attached hydrogens (tertiary/aromatic N) is 1.